The van der Waals surface area contributed by atoms with Gasteiger partial charge >= 0.3 is 5.97 Å². The van der Waals surface area contributed by atoms with Crippen molar-refractivity contribution < 1.29 is 23.1 Å². The van der Waals surface area contributed by atoms with E-state index < -0.39 is 18.3 Å². The highest BCUT2D eigenvalue weighted by Crippen LogP contribution is 2.27. The van der Waals surface area contributed by atoms with Crippen LogP contribution in [0.15, 0.2) is 60.8 Å². The van der Waals surface area contributed by atoms with Gasteiger partial charge in [0.25, 0.3) is 12.3 Å². The van der Waals surface area contributed by atoms with Crippen LogP contribution in [-0.2, 0) is 4.74 Å². The Morgan fingerprint density at radius 2 is 1.78 bits per heavy atom. The first kappa shape index (κ1) is 21.1. The van der Waals surface area contributed by atoms with E-state index in [1.54, 1.807) is 24.3 Å². The Morgan fingerprint density at radius 3 is 2.47 bits per heavy atom. The number of anilines is 1. The van der Waals surface area contributed by atoms with E-state index in [1.165, 1.54) is 31.5 Å². The average molecular weight is 436 g/mol. The summed E-state index contributed by atoms with van der Waals surface area (Å²) in [6.07, 6.45) is -1.66. The molecule has 0 bridgehead atoms. The molecule has 0 fully saturated rings. The molecule has 4 aromatic rings. The lowest BCUT2D eigenvalue weighted by Crippen LogP contribution is -2.16. The molecule has 0 aliphatic rings. The van der Waals surface area contributed by atoms with E-state index in [4.69, 9.17) is 4.74 Å². The summed E-state index contributed by atoms with van der Waals surface area (Å²) in [6.45, 7) is 1.91. The van der Waals surface area contributed by atoms with Crippen molar-refractivity contribution in [1.29, 1.82) is 0 Å². The van der Waals surface area contributed by atoms with E-state index in [0.29, 0.717) is 5.56 Å². The summed E-state index contributed by atoms with van der Waals surface area (Å²) < 4.78 is 33.2. The van der Waals surface area contributed by atoms with Crippen molar-refractivity contribution in [2.45, 2.75) is 13.3 Å². The van der Waals surface area contributed by atoms with E-state index >= 15 is 0 Å². The Morgan fingerprint density at radius 1 is 1.06 bits per heavy atom. The van der Waals surface area contributed by atoms with Gasteiger partial charge in [0.1, 0.15) is 11.3 Å². The third-order valence-corrected chi connectivity index (χ3v) is 4.90. The van der Waals surface area contributed by atoms with E-state index in [-0.39, 0.29) is 33.8 Å². The number of benzene rings is 2. The maximum Gasteiger partial charge on any atom is 0.339 e. The molecule has 1 amide bonds. The number of hydrogen-bond acceptors (Lipinski definition) is 5. The summed E-state index contributed by atoms with van der Waals surface area (Å²) in [5.74, 6) is -1.27. The van der Waals surface area contributed by atoms with Crippen LogP contribution in [0.3, 0.4) is 0 Å². The van der Waals surface area contributed by atoms with Gasteiger partial charge in [0.05, 0.1) is 30.3 Å². The number of esters is 1. The molecule has 1 N–H and O–H groups in total. The number of aryl methyl sites for hydroxylation is 1. The van der Waals surface area contributed by atoms with Crippen LogP contribution in [0.2, 0.25) is 0 Å². The Kier molecular flexibility index (Phi) is 5.63. The zero-order valence-electron chi connectivity index (χ0n) is 17.2. The molecule has 0 atom stereocenters. The van der Waals surface area contributed by atoms with Gasteiger partial charge in [-0.05, 0) is 25.1 Å². The third-order valence-electron chi connectivity index (χ3n) is 4.90. The highest BCUT2D eigenvalue weighted by atomic mass is 19.3. The first-order chi connectivity index (χ1) is 15.4. The molecule has 0 unspecified atom stereocenters. The number of nitrogens with one attached hydrogen (secondary N) is 1. The van der Waals surface area contributed by atoms with Gasteiger partial charge in [-0.15, -0.1) is 0 Å². The summed E-state index contributed by atoms with van der Waals surface area (Å²) in [4.78, 5) is 29.4. The molecule has 2 aromatic carbocycles. The topological polar surface area (TPSA) is 85.6 Å². The van der Waals surface area contributed by atoms with Crippen molar-refractivity contribution in [2.75, 3.05) is 12.4 Å². The maximum absolute atomic E-state index is 13.8. The number of hydrogen-bond donors (Lipinski definition) is 1. The summed E-state index contributed by atoms with van der Waals surface area (Å²) in [6, 6.07) is 14.8. The van der Waals surface area contributed by atoms with Crippen molar-refractivity contribution in [3.63, 3.8) is 0 Å². The Labute approximate surface area is 181 Å². The van der Waals surface area contributed by atoms with Crippen LogP contribution in [0.1, 0.15) is 38.4 Å². The summed E-state index contributed by atoms with van der Waals surface area (Å²) in [5.41, 5.74) is 1.87. The molecule has 0 aliphatic carbocycles. The molecule has 32 heavy (non-hydrogen) atoms. The number of para-hydroxylation sites is 1. The van der Waals surface area contributed by atoms with Crippen LogP contribution >= 0.6 is 0 Å². The van der Waals surface area contributed by atoms with Crippen LogP contribution in [0.5, 0.6) is 0 Å². The second kappa shape index (κ2) is 8.54. The number of nitrogens with zero attached hydrogens (tertiary/aromatic N) is 3. The highest BCUT2D eigenvalue weighted by Gasteiger charge is 2.22. The van der Waals surface area contributed by atoms with Crippen molar-refractivity contribution in [2.24, 2.45) is 0 Å². The monoisotopic (exact) mass is 436 g/mol. The van der Waals surface area contributed by atoms with Crippen LogP contribution in [0.4, 0.5) is 14.5 Å². The van der Waals surface area contributed by atoms with E-state index in [1.807, 2.05) is 19.1 Å². The molecule has 2 heterocycles. The molecule has 0 aliphatic heterocycles. The van der Waals surface area contributed by atoms with Gasteiger partial charge in [-0.3, -0.25) is 4.79 Å². The first-order valence-corrected chi connectivity index (χ1v) is 9.61. The number of halogens is 2. The van der Waals surface area contributed by atoms with Crippen LogP contribution in [0, 0.1) is 6.92 Å². The fourth-order valence-electron chi connectivity index (χ4n) is 3.24. The highest BCUT2D eigenvalue weighted by molar-refractivity contribution is 6.10. The number of aromatic nitrogens is 3. The molecule has 0 saturated heterocycles. The zero-order chi connectivity index (χ0) is 22.8. The minimum Gasteiger partial charge on any atom is -0.465 e. The van der Waals surface area contributed by atoms with E-state index in [9.17, 15) is 18.4 Å². The SMILES string of the molecule is COC(=O)c1ccccc1NC(=O)c1cnn2c(C(F)F)cc(-c3ccc(C)cc3)nc12. The zero-order valence-corrected chi connectivity index (χ0v) is 17.2. The normalized spacial score (nSPS) is 11.0. The maximum atomic E-state index is 13.8. The molecular weight excluding hydrogens is 418 g/mol. The number of rotatable bonds is 5. The number of fused-ring (bicyclic) bond motifs is 1. The Hall–Kier alpha value is -4.14. The number of methoxy groups -OCH3 is 1. The van der Waals surface area contributed by atoms with Gasteiger partial charge in [0.15, 0.2) is 5.65 Å². The van der Waals surface area contributed by atoms with Gasteiger partial charge in [0.2, 0.25) is 0 Å². The minimum atomic E-state index is -2.83. The predicted octanol–water partition coefficient (Wildman–Crippen LogP) is 4.68. The molecule has 7 nitrogen and oxygen atoms in total. The fraction of sp³-hybridized carbons (Fsp3) is 0.130. The third kappa shape index (κ3) is 3.92. The van der Waals surface area contributed by atoms with Crippen LogP contribution in [0.25, 0.3) is 16.9 Å². The van der Waals surface area contributed by atoms with Crippen molar-refractivity contribution in [3.05, 3.63) is 83.2 Å². The largest absolute Gasteiger partial charge is 0.465 e. The second-order valence-electron chi connectivity index (χ2n) is 7.02. The molecule has 4 rings (SSSR count). The molecule has 0 saturated carbocycles. The summed E-state index contributed by atoms with van der Waals surface area (Å²) in [5, 5.41) is 6.56. The molecule has 0 radical (unpaired) electrons. The van der Waals surface area contributed by atoms with E-state index in [2.05, 4.69) is 15.4 Å². The summed E-state index contributed by atoms with van der Waals surface area (Å²) in [7, 11) is 1.23. The van der Waals surface area contributed by atoms with Gasteiger partial charge < -0.3 is 10.1 Å². The number of carbonyl (C=O) groups is 2. The first-order valence-electron chi connectivity index (χ1n) is 9.61. The lowest BCUT2D eigenvalue weighted by molar-refractivity contribution is 0.0602. The average Bonchev–Trinajstić information content (AvgIpc) is 3.22. The second-order valence-corrected chi connectivity index (χ2v) is 7.02. The number of ether oxygens (including phenoxy) is 1. The quantitative estimate of drug-likeness (QED) is 0.459. The van der Waals surface area contributed by atoms with Gasteiger partial charge in [0, 0.05) is 5.56 Å². The Bertz CT molecular complexity index is 1320. The van der Waals surface area contributed by atoms with Crippen LogP contribution in [-0.4, -0.2) is 33.6 Å². The van der Waals surface area contributed by atoms with E-state index in [0.717, 1.165) is 10.1 Å². The van der Waals surface area contributed by atoms with Gasteiger partial charge in [-0.2, -0.15) is 5.10 Å². The Balaban J connectivity index is 1.79. The van der Waals surface area contributed by atoms with Gasteiger partial charge in [-0.1, -0.05) is 42.0 Å². The van der Waals surface area contributed by atoms with Gasteiger partial charge in [-0.25, -0.2) is 23.1 Å². The lowest BCUT2D eigenvalue weighted by Gasteiger charge is -2.10. The smallest absolute Gasteiger partial charge is 0.339 e. The molecule has 0 spiro atoms. The number of alkyl halides is 2. The molecule has 9 heteroatoms. The minimum absolute atomic E-state index is 0.0134. The summed E-state index contributed by atoms with van der Waals surface area (Å²) >= 11 is 0. The predicted molar refractivity (Wildman–Crippen MR) is 114 cm³/mol. The van der Waals surface area contributed by atoms with Crippen LogP contribution < -0.4 is 5.32 Å². The standard InChI is InChI=1S/C23H18F2N4O3/c1-13-7-9-14(10-8-13)18-11-19(20(24)25)29-21(27-18)16(12-26-29)22(30)28-17-6-4-3-5-15(17)23(31)32-2/h3-12,20H,1-2H3,(H,28,30). The molecule has 162 valence electrons. The lowest BCUT2D eigenvalue weighted by atomic mass is 10.1. The number of carbonyl (C=O) groups excluding carboxylic acids is 2. The number of amides is 1. The van der Waals surface area contributed by atoms with Crippen molar-refractivity contribution in [1.82, 2.24) is 14.6 Å². The fourth-order valence-corrected chi connectivity index (χ4v) is 3.24. The molecule has 2 aromatic heterocycles. The van der Waals surface area contributed by atoms with Crippen molar-refractivity contribution >= 4 is 23.2 Å². The van der Waals surface area contributed by atoms with Crippen molar-refractivity contribution in [3.8, 4) is 11.3 Å². The molecular formula is C23H18F2N4O3.